The molecule has 2 N–H and O–H groups in total. The Kier molecular flexibility index (Phi) is 8.69. The molecule has 1 saturated carbocycles. The largest absolute Gasteiger partial charge is 0.392 e. The first kappa shape index (κ1) is 24.5. The van der Waals surface area contributed by atoms with E-state index in [0.29, 0.717) is 50.3 Å². The van der Waals surface area contributed by atoms with E-state index in [1.807, 2.05) is 23.1 Å². The van der Waals surface area contributed by atoms with E-state index < -0.39 is 6.10 Å². The first-order chi connectivity index (χ1) is 16.0. The van der Waals surface area contributed by atoms with E-state index in [4.69, 9.17) is 4.74 Å². The van der Waals surface area contributed by atoms with Gasteiger partial charge >= 0.3 is 0 Å². The molecule has 5 nitrogen and oxygen atoms in total. The van der Waals surface area contributed by atoms with E-state index in [1.165, 1.54) is 11.1 Å². The Morgan fingerprint density at radius 3 is 2.94 bits per heavy atom. The lowest BCUT2D eigenvalue weighted by atomic mass is 9.88. The van der Waals surface area contributed by atoms with Crippen LogP contribution in [0.1, 0.15) is 30.4 Å². The molecular weight excluding hydrogens is 434 g/mol. The molecule has 5 atom stereocenters. The van der Waals surface area contributed by atoms with Crippen LogP contribution in [0.3, 0.4) is 0 Å². The molecule has 4 rings (SSSR count). The quantitative estimate of drug-likeness (QED) is 0.427. The van der Waals surface area contributed by atoms with Crippen LogP contribution in [-0.2, 0) is 16.0 Å². The summed E-state index contributed by atoms with van der Waals surface area (Å²) in [5.74, 6) is 2.68. The van der Waals surface area contributed by atoms with E-state index in [1.54, 1.807) is 11.8 Å². The van der Waals surface area contributed by atoms with Crippen molar-refractivity contribution in [1.29, 1.82) is 0 Å². The van der Waals surface area contributed by atoms with Gasteiger partial charge in [0.05, 0.1) is 31.2 Å². The normalized spacial score (nSPS) is 28.2. The first-order valence-electron chi connectivity index (χ1n) is 12.2. The van der Waals surface area contributed by atoms with Crippen LogP contribution in [0.5, 0.6) is 0 Å². The number of aliphatic hydroxyl groups is 2. The third kappa shape index (κ3) is 6.72. The lowest BCUT2D eigenvalue weighted by molar-refractivity contribution is -0.132. The van der Waals surface area contributed by atoms with Gasteiger partial charge in [-0.3, -0.25) is 4.79 Å². The van der Waals surface area contributed by atoms with E-state index in [-0.39, 0.29) is 17.9 Å². The van der Waals surface area contributed by atoms with Gasteiger partial charge in [-0.05, 0) is 49.3 Å². The maximum atomic E-state index is 12.3. The average Bonchev–Trinajstić information content (AvgIpc) is 3.32. The summed E-state index contributed by atoms with van der Waals surface area (Å²) in [6.07, 6.45) is 8.87. The smallest absolute Gasteiger partial charge is 0.232 e. The Labute approximate surface area is 201 Å². The fraction of sp³-hybridized carbons (Fsp3) is 0.593. The minimum atomic E-state index is -0.535. The summed E-state index contributed by atoms with van der Waals surface area (Å²) < 4.78 is 5.31. The van der Waals surface area contributed by atoms with Crippen molar-refractivity contribution in [2.45, 2.75) is 44.8 Å². The number of nitrogens with zero attached hydrogens (tertiary/aromatic N) is 1. The van der Waals surface area contributed by atoms with Gasteiger partial charge in [0.25, 0.3) is 0 Å². The number of thioether (sulfide) groups is 1. The highest BCUT2D eigenvalue weighted by atomic mass is 32.2. The Morgan fingerprint density at radius 2 is 2.15 bits per heavy atom. The summed E-state index contributed by atoms with van der Waals surface area (Å²) in [4.78, 5) is 14.2. The molecule has 1 saturated heterocycles. The van der Waals surface area contributed by atoms with Gasteiger partial charge in [-0.15, -0.1) is 0 Å². The number of allylic oxidation sites excluding steroid dienone is 2. The van der Waals surface area contributed by atoms with Gasteiger partial charge in [0.2, 0.25) is 5.91 Å². The van der Waals surface area contributed by atoms with Crippen molar-refractivity contribution in [3.63, 3.8) is 0 Å². The highest BCUT2D eigenvalue weighted by Gasteiger charge is 2.43. The molecule has 0 spiro atoms. The van der Waals surface area contributed by atoms with Gasteiger partial charge in [-0.1, -0.05) is 53.6 Å². The highest BCUT2D eigenvalue weighted by Crippen LogP contribution is 2.48. The van der Waals surface area contributed by atoms with Gasteiger partial charge in [0, 0.05) is 25.4 Å². The van der Waals surface area contributed by atoms with Crippen molar-refractivity contribution in [3.8, 4) is 0 Å². The van der Waals surface area contributed by atoms with Crippen molar-refractivity contribution in [2.24, 2.45) is 17.8 Å². The number of morpholine rings is 1. The van der Waals surface area contributed by atoms with Gasteiger partial charge in [0.15, 0.2) is 0 Å². The topological polar surface area (TPSA) is 70.0 Å². The Morgan fingerprint density at radius 1 is 1.33 bits per heavy atom. The van der Waals surface area contributed by atoms with E-state index in [9.17, 15) is 15.0 Å². The van der Waals surface area contributed by atoms with Crippen LogP contribution in [0.15, 0.2) is 48.1 Å². The molecule has 1 amide bonds. The molecule has 3 aliphatic rings. The second kappa shape index (κ2) is 11.7. The van der Waals surface area contributed by atoms with E-state index in [2.05, 4.69) is 31.2 Å². The number of hydrogen-bond acceptors (Lipinski definition) is 5. The zero-order valence-corrected chi connectivity index (χ0v) is 20.4. The fourth-order valence-corrected chi connectivity index (χ4v) is 6.37. The predicted molar refractivity (Wildman–Crippen MR) is 133 cm³/mol. The number of ether oxygens (including phenoxy) is 1. The Hall–Kier alpha value is -1.60. The number of carbonyl (C=O) groups is 1. The molecule has 2 fully saturated rings. The first-order valence-corrected chi connectivity index (χ1v) is 13.4. The molecule has 2 aliphatic carbocycles. The second-order valence-electron chi connectivity index (χ2n) is 9.68. The third-order valence-electron chi connectivity index (χ3n) is 7.19. The van der Waals surface area contributed by atoms with Crippen LogP contribution in [0.25, 0.3) is 0 Å². The van der Waals surface area contributed by atoms with E-state index in [0.717, 1.165) is 30.6 Å². The van der Waals surface area contributed by atoms with Gasteiger partial charge < -0.3 is 19.8 Å². The lowest BCUT2D eigenvalue weighted by Gasteiger charge is -2.26. The SMILES string of the molecule is Cc1cccc(C[C@H](O)/C=C/[C@@H]2[C@H]3CC(CCSCC(=O)N4CCOCC4)=C[C@H]3C[C@H]2O)c1. The summed E-state index contributed by atoms with van der Waals surface area (Å²) in [5, 5.41) is 21.1. The zero-order chi connectivity index (χ0) is 23.2. The van der Waals surface area contributed by atoms with Crippen LogP contribution >= 0.6 is 11.8 Å². The number of carbonyl (C=O) groups excluding carboxylic acids is 1. The van der Waals surface area contributed by atoms with Gasteiger partial charge in [0.1, 0.15) is 0 Å². The van der Waals surface area contributed by atoms with E-state index >= 15 is 0 Å². The molecule has 6 heteroatoms. The van der Waals surface area contributed by atoms with Crippen molar-refractivity contribution < 1.29 is 19.7 Å². The molecule has 1 aromatic rings. The van der Waals surface area contributed by atoms with Crippen molar-refractivity contribution in [1.82, 2.24) is 4.90 Å². The van der Waals surface area contributed by atoms with Crippen LogP contribution in [0, 0.1) is 24.7 Å². The lowest BCUT2D eigenvalue weighted by Crippen LogP contribution is -2.41. The zero-order valence-electron chi connectivity index (χ0n) is 19.6. The summed E-state index contributed by atoms with van der Waals surface area (Å²) in [6.45, 7) is 4.79. The molecule has 0 aromatic heterocycles. The molecular formula is C27H37NO4S. The third-order valence-corrected chi connectivity index (χ3v) is 8.13. The molecule has 1 aromatic carbocycles. The summed E-state index contributed by atoms with van der Waals surface area (Å²) >= 11 is 1.72. The van der Waals surface area contributed by atoms with Crippen molar-refractivity contribution in [2.75, 3.05) is 37.8 Å². The maximum absolute atomic E-state index is 12.3. The molecule has 180 valence electrons. The highest BCUT2D eigenvalue weighted by molar-refractivity contribution is 7.99. The molecule has 33 heavy (non-hydrogen) atoms. The predicted octanol–water partition coefficient (Wildman–Crippen LogP) is 3.38. The van der Waals surface area contributed by atoms with Crippen molar-refractivity contribution in [3.05, 3.63) is 59.2 Å². The minimum Gasteiger partial charge on any atom is -0.392 e. The number of hydrogen-bond donors (Lipinski definition) is 2. The van der Waals surface area contributed by atoms with Gasteiger partial charge in [-0.2, -0.15) is 11.8 Å². The maximum Gasteiger partial charge on any atom is 0.232 e. The number of rotatable bonds is 9. The fourth-order valence-electron chi connectivity index (χ4n) is 5.46. The van der Waals surface area contributed by atoms with Crippen molar-refractivity contribution >= 4 is 17.7 Å². The van der Waals surface area contributed by atoms with Gasteiger partial charge in [-0.25, -0.2) is 0 Å². The number of fused-ring (bicyclic) bond motifs is 1. The number of aliphatic hydroxyl groups excluding tert-OH is 2. The number of aryl methyl sites for hydroxylation is 1. The molecule has 1 heterocycles. The summed E-state index contributed by atoms with van der Waals surface area (Å²) in [6, 6.07) is 8.24. The number of amides is 1. The van der Waals surface area contributed by atoms with Crippen LogP contribution < -0.4 is 0 Å². The molecule has 0 radical (unpaired) electrons. The minimum absolute atomic E-state index is 0.103. The van der Waals surface area contributed by atoms with Crippen LogP contribution in [-0.4, -0.2) is 71.0 Å². The summed E-state index contributed by atoms with van der Waals surface area (Å²) in [5.41, 5.74) is 3.79. The van der Waals surface area contributed by atoms with Crippen LogP contribution in [0.2, 0.25) is 0 Å². The average molecular weight is 472 g/mol. The number of benzene rings is 1. The monoisotopic (exact) mass is 471 g/mol. The molecule has 0 unspecified atom stereocenters. The summed E-state index contributed by atoms with van der Waals surface area (Å²) in [7, 11) is 0. The molecule has 0 bridgehead atoms. The Balaban J connectivity index is 1.21. The second-order valence-corrected chi connectivity index (χ2v) is 10.8. The standard InChI is InChI=1S/C27H37NO4S/c1-19-3-2-4-20(13-19)15-23(29)5-6-24-25-16-21(14-22(25)17-26(24)30)7-12-33-18-27(31)28-8-10-32-11-9-28/h2-6,13-14,22-26,29-30H,7-12,15-18H2,1H3/b6-5+/t22-,23+,24+,25-,26+/m0/s1. The van der Waals surface area contributed by atoms with Crippen LogP contribution in [0.4, 0.5) is 0 Å². The molecule has 1 aliphatic heterocycles. The Bertz CT molecular complexity index is 863.